The molecular formula is C13H15N2O5S2-. The first-order valence-electron chi connectivity index (χ1n) is 6.59. The number of methoxy groups -OCH3 is 1. The Morgan fingerprint density at radius 1 is 1.32 bits per heavy atom. The van der Waals surface area contributed by atoms with Gasteiger partial charge in [-0.2, -0.15) is 4.79 Å². The molecule has 0 aliphatic heterocycles. The number of hydrogen-bond acceptors (Lipinski definition) is 5. The van der Waals surface area contributed by atoms with Crippen LogP contribution in [0.25, 0.3) is 5.53 Å². The molecule has 120 valence electrons. The van der Waals surface area contributed by atoms with Crippen molar-refractivity contribution in [2.24, 2.45) is 0 Å². The molecule has 22 heavy (non-hydrogen) atoms. The molecule has 1 saturated carbocycles. The zero-order chi connectivity index (χ0) is 16.4. The van der Waals surface area contributed by atoms with Gasteiger partial charge in [-0.15, -0.1) is 0 Å². The van der Waals surface area contributed by atoms with Gasteiger partial charge < -0.3 is 14.8 Å². The van der Waals surface area contributed by atoms with E-state index in [0.717, 1.165) is 0 Å². The second-order valence-corrected chi connectivity index (χ2v) is 8.14. The van der Waals surface area contributed by atoms with E-state index >= 15 is 0 Å². The summed E-state index contributed by atoms with van der Waals surface area (Å²) in [5, 5.41) is -0.712. The van der Waals surface area contributed by atoms with Crippen LogP contribution in [0.15, 0.2) is 29.2 Å². The van der Waals surface area contributed by atoms with E-state index in [-0.39, 0.29) is 17.7 Å². The number of ether oxygens (including phenoxy) is 1. The molecule has 9 heteroatoms. The average Bonchev–Trinajstić information content (AvgIpc) is 2.98. The van der Waals surface area contributed by atoms with Crippen molar-refractivity contribution < 1.29 is 26.7 Å². The first-order chi connectivity index (χ1) is 10.4. The van der Waals surface area contributed by atoms with Crippen LogP contribution in [-0.4, -0.2) is 38.9 Å². The van der Waals surface area contributed by atoms with Gasteiger partial charge in [0.2, 0.25) is 0 Å². The van der Waals surface area contributed by atoms with Crippen molar-refractivity contribution in [1.82, 2.24) is 0 Å². The van der Waals surface area contributed by atoms with E-state index in [4.69, 9.17) is 4.74 Å². The standard InChI is InChI=1S/C13H16N2O5S2/c1-20-10-4-6-11(7-5-10)22(18,19)12(15-14)13(21(16)17)8-2-3-9-13/h4-7H,2-3,8-9H2,1H3,(H,16,17)/p-1. The molecule has 0 heterocycles. The van der Waals surface area contributed by atoms with E-state index in [1.54, 1.807) is 0 Å². The molecule has 1 aliphatic carbocycles. The van der Waals surface area contributed by atoms with Crippen LogP contribution in [0.4, 0.5) is 0 Å². The predicted octanol–water partition coefficient (Wildman–Crippen LogP) is 1.29. The smallest absolute Gasteiger partial charge is 0.403 e. The molecule has 1 aromatic carbocycles. The van der Waals surface area contributed by atoms with Gasteiger partial charge in [0.15, 0.2) is 0 Å². The quantitative estimate of drug-likeness (QED) is 0.268. The summed E-state index contributed by atoms with van der Waals surface area (Å²) in [7, 11) is -2.77. The van der Waals surface area contributed by atoms with E-state index in [1.165, 1.54) is 31.4 Å². The molecule has 1 atom stereocenters. The molecule has 1 unspecified atom stereocenters. The third-order valence-electron chi connectivity index (χ3n) is 3.84. The second kappa shape index (κ2) is 6.29. The number of sulfone groups is 1. The minimum atomic E-state index is -4.21. The highest BCUT2D eigenvalue weighted by atomic mass is 32.2. The summed E-state index contributed by atoms with van der Waals surface area (Å²) in [6, 6.07) is 5.46. The normalized spacial score (nSPS) is 18.5. The number of nitrogens with zero attached hydrogens (tertiary/aromatic N) is 2. The van der Waals surface area contributed by atoms with Crippen molar-refractivity contribution in [3.05, 3.63) is 29.8 Å². The zero-order valence-electron chi connectivity index (χ0n) is 11.9. The van der Waals surface area contributed by atoms with E-state index in [0.29, 0.717) is 18.6 Å². The van der Waals surface area contributed by atoms with Gasteiger partial charge in [-0.05, 0) is 48.2 Å². The summed E-state index contributed by atoms with van der Waals surface area (Å²) in [4.78, 5) is 2.72. The molecule has 2 rings (SSSR count). The van der Waals surface area contributed by atoms with Crippen LogP contribution in [0.1, 0.15) is 25.7 Å². The Labute approximate surface area is 131 Å². The first-order valence-corrected chi connectivity index (χ1v) is 9.15. The maximum Gasteiger partial charge on any atom is 0.403 e. The lowest BCUT2D eigenvalue weighted by Crippen LogP contribution is -2.45. The summed E-state index contributed by atoms with van der Waals surface area (Å²) in [6.07, 6.45) is 1.37. The SMILES string of the molecule is COc1ccc(S(=O)(=O)C(=[N+]=[N-])C2(S(=O)[O-])CCCC2)cc1. The Hall–Kier alpha value is -1.54. The average molecular weight is 343 g/mol. The van der Waals surface area contributed by atoms with Gasteiger partial charge in [0.1, 0.15) is 10.5 Å². The van der Waals surface area contributed by atoms with Gasteiger partial charge in [-0.1, -0.05) is 12.8 Å². The fourth-order valence-electron chi connectivity index (χ4n) is 2.65. The van der Waals surface area contributed by atoms with Gasteiger partial charge in [-0.3, -0.25) is 4.21 Å². The van der Waals surface area contributed by atoms with E-state index in [9.17, 15) is 22.7 Å². The van der Waals surface area contributed by atoms with E-state index in [1.807, 2.05) is 0 Å². The molecule has 0 aromatic heterocycles. The lowest BCUT2D eigenvalue weighted by Gasteiger charge is -2.26. The highest BCUT2D eigenvalue weighted by Crippen LogP contribution is 2.38. The van der Waals surface area contributed by atoms with E-state index < -0.39 is 30.7 Å². The molecule has 0 amide bonds. The van der Waals surface area contributed by atoms with Crippen molar-refractivity contribution in [3.8, 4) is 5.75 Å². The number of benzene rings is 1. The predicted molar refractivity (Wildman–Crippen MR) is 78.9 cm³/mol. The van der Waals surface area contributed by atoms with Gasteiger partial charge in [0.25, 0.3) is 9.84 Å². The fraction of sp³-hybridized carbons (Fsp3) is 0.462. The largest absolute Gasteiger partial charge is 0.771 e. The summed E-state index contributed by atoms with van der Waals surface area (Å²) in [5.74, 6) is 0.462. The topological polar surface area (TPSA) is 120 Å². The minimum Gasteiger partial charge on any atom is -0.771 e. The molecule has 1 fully saturated rings. The maximum atomic E-state index is 12.7. The Morgan fingerprint density at radius 3 is 2.27 bits per heavy atom. The van der Waals surface area contributed by atoms with Gasteiger partial charge in [-0.25, -0.2) is 8.42 Å². The first kappa shape index (κ1) is 16.8. The third kappa shape index (κ3) is 2.72. The second-order valence-electron chi connectivity index (χ2n) is 5.02. The maximum absolute atomic E-state index is 12.7. The van der Waals surface area contributed by atoms with Crippen molar-refractivity contribution in [2.45, 2.75) is 35.3 Å². The van der Waals surface area contributed by atoms with Crippen molar-refractivity contribution in [2.75, 3.05) is 7.11 Å². The molecule has 7 nitrogen and oxygen atoms in total. The highest BCUT2D eigenvalue weighted by molar-refractivity contribution is 8.08. The lowest BCUT2D eigenvalue weighted by atomic mass is 10.1. The molecule has 1 aromatic rings. The summed E-state index contributed by atoms with van der Waals surface area (Å²) < 4.78 is 51.9. The van der Waals surface area contributed by atoms with Crippen molar-refractivity contribution >= 4 is 26.0 Å². The van der Waals surface area contributed by atoms with Crippen molar-refractivity contribution in [1.29, 1.82) is 0 Å². The Morgan fingerprint density at radius 2 is 1.86 bits per heavy atom. The van der Waals surface area contributed by atoms with Crippen LogP contribution in [0.2, 0.25) is 0 Å². The molecule has 0 saturated heterocycles. The van der Waals surface area contributed by atoms with Crippen LogP contribution < -0.4 is 4.74 Å². The van der Waals surface area contributed by atoms with Gasteiger partial charge in [0, 0.05) is 0 Å². The third-order valence-corrected chi connectivity index (χ3v) is 7.08. The fourth-order valence-corrected chi connectivity index (χ4v) is 5.51. The zero-order valence-corrected chi connectivity index (χ0v) is 13.5. The Kier molecular flexibility index (Phi) is 4.81. The molecular weight excluding hydrogens is 328 g/mol. The molecule has 1 aliphatic rings. The minimum absolute atomic E-state index is 0.123. The van der Waals surface area contributed by atoms with Crippen LogP contribution in [-0.2, 0) is 20.9 Å². The Balaban J connectivity index is 2.54. The van der Waals surface area contributed by atoms with Gasteiger partial charge in [0.05, 0.1) is 12.0 Å². The monoisotopic (exact) mass is 343 g/mol. The van der Waals surface area contributed by atoms with Gasteiger partial charge >= 0.3 is 5.04 Å². The van der Waals surface area contributed by atoms with Crippen LogP contribution in [0.3, 0.4) is 0 Å². The summed E-state index contributed by atoms with van der Waals surface area (Å²) in [6.45, 7) is 0. The van der Waals surface area contributed by atoms with Crippen LogP contribution >= 0.6 is 0 Å². The molecule has 0 radical (unpaired) electrons. The summed E-state index contributed by atoms with van der Waals surface area (Å²) >= 11 is -2.70. The molecule has 0 spiro atoms. The van der Waals surface area contributed by atoms with Crippen LogP contribution in [0.5, 0.6) is 5.75 Å². The Bertz CT molecular complexity index is 730. The highest BCUT2D eigenvalue weighted by Gasteiger charge is 2.53. The summed E-state index contributed by atoms with van der Waals surface area (Å²) in [5.41, 5.74) is 9.21. The lowest BCUT2D eigenvalue weighted by molar-refractivity contribution is -0.00618. The molecule has 0 N–H and O–H groups in total. The van der Waals surface area contributed by atoms with E-state index in [2.05, 4.69) is 4.79 Å². The van der Waals surface area contributed by atoms with Crippen molar-refractivity contribution in [3.63, 3.8) is 0 Å². The van der Waals surface area contributed by atoms with Crippen LogP contribution in [0, 0.1) is 0 Å². The molecule has 0 bridgehead atoms. The number of hydrogen-bond donors (Lipinski definition) is 0. The number of rotatable bonds is 4.